The van der Waals surface area contributed by atoms with Gasteiger partial charge >= 0.3 is 6.18 Å². The van der Waals surface area contributed by atoms with E-state index in [1.807, 2.05) is 19.9 Å². The Morgan fingerprint density at radius 1 is 1.14 bits per heavy atom. The van der Waals surface area contributed by atoms with E-state index in [9.17, 15) is 18.0 Å². The molecule has 0 saturated carbocycles. The minimum atomic E-state index is -4.65. The summed E-state index contributed by atoms with van der Waals surface area (Å²) in [5.74, 6) is -0.181. The molecule has 4 rings (SSSR count). The monoisotopic (exact) mass is 487 g/mol. The van der Waals surface area contributed by atoms with Crippen LogP contribution in [0.4, 0.5) is 24.5 Å². The second-order valence-corrected chi connectivity index (χ2v) is 7.82. The molecule has 1 amide bonds. The average Bonchev–Trinajstić information content (AvgIpc) is 2.86. The van der Waals surface area contributed by atoms with Crippen LogP contribution in [-0.2, 0) is 10.9 Å². The zero-order valence-corrected chi connectivity index (χ0v) is 19.2. The lowest BCUT2D eigenvalue weighted by Crippen LogP contribution is -2.36. The number of carbonyl (C=O) groups is 1. The molecular formula is C24H24F3N5O3. The molecule has 4 heterocycles. The number of anilines is 2. The lowest BCUT2D eigenvalue weighted by atomic mass is 10.0. The lowest BCUT2D eigenvalue weighted by molar-refractivity contribution is -0.141. The maximum atomic E-state index is 13.0. The lowest BCUT2D eigenvalue weighted by Gasteiger charge is -2.30. The first-order valence-electron chi connectivity index (χ1n) is 11.0. The quantitative estimate of drug-likeness (QED) is 0.553. The summed E-state index contributed by atoms with van der Waals surface area (Å²) in [6.07, 6.45) is -0.570. The molecule has 1 N–H and O–H groups in total. The van der Waals surface area contributed by atoms with E-state index in [2.05, 4.69) is 25.2 Å². The van der Waals surface area contributed by atoms with Gasteiger partial charge in [0.15, 0.2) is 0 Å². The molecule has 0 atom stereocenters. The molecule has 1 aliphatic heterocycles. The summed E-state index contributed by atoms with van der Waals surface area (Å²) in [5, 5.41) is 2.62. The highest BCUT2D eigenvalue weighted by Gasteiger charge is 2.33. The number of alkyl halides is 3. The SMILES string of the molecule is CCOc1ncc(-c2cc(NC(=O)c3ccnc(C(F)(F)F)c3)cnc2C)cc1N1CCOCC1. The Morgan fingerprint density at radius 3 is 2.63 bits per heavy atom. The van der Waals surface area contributed by atoms with Crippen LogP contribution in [0.15, 0.2) is 42.9 Å². The maximum Gasteiger partial charge on any atom is 0.433 e. The van der Waals surface area contributed by atoms with E-state index >= 15 is 0 Å². The number of rotatable bonds is 6. The first-order valence-corrected chi connectivity index (χ1v) is 11.0. The number of aryl methyl sites for hydroxylation is 1. The molecule has 0 aliphatic carbocycles. The molecule has 8 nitrogen and oxygen atoms in total. The third kappa shape index (κ3) is 5.68. The van der Waals surface area contributed by atoms with E-state index in [0.717, 1.165) is 23.0 Å². The van der Waals surface area contributed by atoms with Crippen LogP contribution in [0.2, 0.25) is 0 Å². The molecule has 1 saturated heterocycles. The Bertz CT molecular complexity index is 1210. The van der Waals surface area contributed by atoms with Crippen LogP contribution in [0.5, 0.6) is 5.88 Å². The van der Waals surface area contributed by atoms with Crippen molar-refractivity contribution in [1.82, 2.24) is 15.0 Å². The average molecular weight is 487 g/mol. The van der Waals surface area contributed by atoms with Crippen LogP contribution in [-0.4, -0.2) is 53.8 Å². The van der Waals surface area contributed by atoms with Gasteiger partial charge in [-0.2, -0.15) is 13.2 Å². The first-order chi connectivity index (χ1) is 16.8. The topological polar surface area (TPSA) is 89.5 Å². The molecule has 0 spiro atoms. The smallest absolute Gasteiger partial charge is 0.433 e. The summed E-state index contributed by atoms with van der Waals surface area (Å²) < 4.78 is 50.0. The molecule has 0 aromatic carbocycles. The Balaban J connectivity index is 1.63. The van der Waals surface area contributed by atoms with Crippen LogP contribution < -0.4 is 15.0 Å². The van der Waals surface area contributed by atoms with Gasteiger partial charge in [0.2, 0.25) is 5.88 Å². The van der Waals surface area contributed by atoms with Crippen LogP contribution in [0.3, 0.4) is 0 Å². The summed E-state index contributed by atoms with van der Waals surface area (Å²) in [5.41, 5.74) is 2.06. The van der Waals surface area contributed by atoms with E-state index < -0.39 is 17.8 Å². The van der Waals surface area contributed by atoms with E-state index in [0.29, 0.717) is 56.2 Å². The Kier molecular flexibility index (Phi) is 7.15. The molecular weight excluding hydrogens is 463 g/mol. The van der Waals surface area contributed by atoms with Gasteiger partial charge in [0, 0.05) is 47.9 Å². The second kappa shape index (κ2) is 10.3. The van der Waals surface area contributed by atoms with Gasteiger partial charge in [-0.25, -0.2) is 4.98 Å². The van der Waals surface area contributed by atoms with E-state index in [4.69, 9.17) is 9.47 Å². The minimum absolute atomic E-state index is 0.160. The number of nitrogens with zero attached hydrogens (tertiary/aromatic N) is 4. The van der Waals surface area contributed by atoms with Crippen LogP contribution in [0.1, 0.15) is 28.7 Å². The van der Waals surface area contributed by atoms with Gasteiger partial charge in [-0.15, -0.1) is 0 Å². The number of nitrogens with one attached hydrogen (secondary N) is 1. The molecule has 3 aromatic heterocycles. The van der Waals surface area contributed by atoms with Crippen molar-refractivity contribution < 1.29 is 27.4 Å². The largest absolute Gasteiger partial charge is 0.476 e. The fourth-order valence-corrected chi connectivity index (χ4v) is 3.69. The standard InChI is InChI=1S/C24H24F3N5O3/c1-3-35-23-20(32-6-8-34-9-7-32)10-17(13-30-23)19-12-18(14-29-15(19)2)31-22(33)16-4-5-28-21(11-16)24(25,26)27/h4-5,10-14H,3,6-9H2,1-2H3,(H,31,33). The van der Waals surface area contributed by atoms with Crippen molar-refractivity contribution in [2.24, 2.45) is 0 Å². The Hall–Kier alpha value is -3.73. The highest BCUT2D eigenvalue weighted by atomic mass is 19.4. The molecule has 1 aliphatic rings. The highest BCUT2D eigenvalue weighted by Crippen LogP contribution is 2.34. The van der Waals surface area contributed by atoms with Gasteiger partial charge in [0.1, 0.15) is 11.4 Å². The normalized spacial score (nSPS) is 14.0. The van der Waals surface area contributed by atoms with Gasteiger partial charge in [-0.05, 0) is 38.1 Å². The minimum Gasteiger partial charge on any atom is -0.476 e. The summed E-state index contributed by atoms with van der Waals surface area (Å²) in [6, 6.07) is 5.60. The van der Waals surface area contributed by atoms with Crippen molar-refractivity contribution >= 4 is 17.3 Å². The number of amides is 1. The molecule has 0 unspecified atom stereocenters. The number of morpholine rings is 1. The predicted molar refractivity (Wildman–Crippen MR) is 124 cm³/mol. The number of halogens is 3. The fraction of sp³-hybridized carbons (Fsp3) is 0.333. The second-order valence-electron chi connectivity index (χ2n) is 7.82. The first kappa shape index (κ1) is 24.4. The van der Waals surface area contributed by atoms with Crippen molar-refractivity contribution in [2.45, 2.75) is 20.0 Å². The molecule has 11 heteroatoms. The van der Waals surface area contributed by atoms with E-state index in [1.54, 1.807) is 12.3 Å². The number of hydrogen-bond acceptors (Lipinski definition) is 7. The maximum absolute atomic E-state index is 13.0. The summed E-state index contributed by atoms with van der Waals surface area (Å²) in [4.78, 5) is 26.9. The summed E-state index contributed by atoms with van der Waals surface area (Å²) >= 11 is 0. The fourth-order valence-electron chi connectivity index (χ4n) is 3.69. The summed E-state index contributed by atoms with van der Waals surface area (Å²) in [6.45, 7) is 6.78. The van der Waals surface area contributed by atoms with Crippen LogP contribution >= 0.6 is 0 Å². The van der Waals surface area contributed by atoms with Gasteiger partial charge < -0.3 is 19.7 Å². The van der Waals surface area contributed by atoms with Gasteiger partial charge in [-0.1, -0.05) is 0 Å². The molecule has 184 valence electrons. The van der Waals surface area contributed by atoms with Crippen LogP contribution in [0.25, 0.3) is 11.1 Å². The number of pyridine rings is 3. The van der Waals surface area contributed by atoms with E-state index in [1.165, 1.54) is 12.3 Å². The zero-order valence-electron chi connectivity index (χ0n) is 19.2. The Morgan fingerprint density at radius 2 is 1.91 bits per heavy atom. The van der Waals surface area contributed by atoms with Gasteiger partial charge in [-0.3, -0.25) is 14.8 Å². The number of carbonyl (C=O) groups excluding carboxylic acids is 1. The summed E-state index contributed by atoms with van der Waals surface area (Å²) in [7, 11) is 0. The van der Waals surface area contributed by atoms with E-state index in [-0.39, 0.29) is 5.56 Å². The van der Waals surface area contributed by atoms with Crippen molar-refractivity contribution in [2.75, 3.05) is 43.1 Å². The predicted octanol–water partition coefficient (Wildman–Crippen LogP) is 4.35. The van der Waals surface area contributed by atoms with Gasteiger partial charge in [0.05, 0.1) is 31.7 Å². The number of hydrogen-bond donors (Lipinski definition) is 1. The molecule has 3 aromatic rings. The molecule has 0 bridgehead atoms. The van der Waals surface area contributed by atoms with Gasteiger partial charge in [0.25, 0.3) is 5.91 Å². The Labute approximate surface area is 200 Å². The van der Waals surface area contributed by atoms with Crippen molar-refractivity contribution in [3.63, 3.8) is 0 Å². The van der Waals surface area contributed by atoms with Crippen molar-refractivity contribution in [3.05, 3.63) is 59.8 Å². The number of aromatic nitrogens is 3. The highest BCUT2D eigenvalue weighted by molar-refractivity contribution is 6.04. The third-order valence-electron chi connectivity index (χ3n) is 5.43. The number of ether oxygens (including phenoxy) is 2. The third-order valence-corrected chi connectivity index (χ3v) is 5.43. The molecule has 35 heavy (non-hydrogen) atoms. The van der Waals surface area contributed by atoms with Crippen molar-refractivity contribution in [3.8, 4) is 17.0 Å². The zero-order chi connectivity index (χ0) is 25.0. The molecule has 0 radical (unpaired) electrons. The molecule has 1 fully saturated rings. The van der Waals surface area contributed by atoms with Crippen molar-refractivity contribution in [1.29, 1.82) is 0 Å². The van der Waals surface area contributed by atoms with Crippen LogP contribution in [0, 0.1) is 6.92 Å².